The van der Waals surface area contributed by atoms with Crippen molar-refractivity contribution in [3.05, 3.63) is 45.2 Å². The summed E-state index contributed by atoms with van der Waals surface area (Å²) in [4.78, 5) is 40.2. The molecule has 0 saturated carbocycles. The van der Waals surface area contributed by atoms with E-state index in [4.69, 9.17) is 28.9 Å². The minimum Gasteiger partial charge on any atom is -0.382 e. The zero-order chi connectivity index (χ0) is 26.0. The number of halogens is 2. The summed E-state index contributed by atoms with van der Waals surface area (Å²) in [5.74, 6) is 0.229. The van der Waals surface area contributed by atoms with Gasteiger partial charge in [0, 0.05) is 62.4 Å². The number of aryl methyl sites for hydroxylation is 1. The molecule has 2 aliphatic heterocycles. The first-order valence-corrected chi connectivity index (χ1v) is 13.1. The van der Waals surface area contributed by atoms with Crippen LogP contribution in [-0.4, -0.2) is 83.4 Å². The molecule has 0 spiro atoms. The lowest BCUT2D eigenvalue weighted by molar-refractivity contribution is 0.0490. The monoisotopic (exact) mass is 533 g/mol. The molecular formula is C25H33Cl2N7O2. The van der Waals surface area contributed by atoms with E-state index in [1.165, 1.54) is 7.05 Å². The van der Waals surface area contributed by atoms with Crippen LogP contribution >= 0.6 is 23.2 Å². The van der Waals surface area contributed by atoms with Gasteiger partial charge in [-0.25, -0.2) is 9.97 Å². The first-order valence-electron chi connectivity index (χ1n) is 12.3. The molecule has 2 fully saturated rings. The van der Waals surface area contributed by atoms with Crippen LogP contribution in [0, 0.1) is 6.92 Å². The number of likely N-dealkylation sites (tertiary alicyclic amines) is 1. The second kappa shape index (κ2) is 11.2. The third-order valence-corrected chi connectivity index (χ3v) is 7.91. The summed E-state index contributed by atoms with van der Waals surface area (Å²) in [6.07, 6.45) is 2.84. The Labute approximate surface area is 221 Å². The van der Waals surface area contributed by atoms with Gasteiger partial charge < -0.3 is 20.9 Å². The first kappa shape index (κ1) is 26.4. The van der Waals surface area contributed by atoms with Crippen molar-refractivity contribution in [1.82, 2.24) is 25.1 Å². The van der Waals surface area contributed by atoms with Gasteiger partial charge in [-0.2, -0.15) is 0 Å². The molecule has 2 amide bonds. The second-order valence-corrected chi connectivity index (χ2v) is 10.1. The number of anilines is 2. The van der Waals surface area contributed by atoms with Crippen LogP contribution in [0.2, 0.25) is 10.2 Å². The van der Waals surface area contributed by atoms with Crippen LogP contribution in [0.15, 0.2) is 18.2 Å². The molecule has 0 bridgehead atoms. The summed E-state index contributed by atoms with van der Waals surface area (Å²) in [5, 5.41) is 3.35. The number of hydrogen-bond donors (Lipinski definition) is 2. The van der Waals surface area contributed by atoms with Gasteiger partial charge in [0.25, 0.3) is 11.8 Å². The summed E-state index contributed by atoms with van der Waals surface area (Å²) < 4.78 is 0. The number of hydrogen-bond acceptors (Lipinski definition) is 7. The number of nitrogens with one attached hydrogen (secondary N) is 1. The molecule has 3 heterocycles. The van der Waals surface area contributed by atoms with Crippen LogP contribution in [0.3, 0.4) is 0 Å². The fourth-order valence-corrected chi connectivity index (χ4v) is 5.54. The smallest absolute Gasteiger partial charge is 0.273 e. The Hall–Kier alpha value is -2.62. The number of amides is 2. The number of rotatable bonds is 5. The van der Waals surface area contributed by atoms with Gasteiger partial charge in [0.05, 0.1) is 0 Å². The van der Waals surface area contributed by atoms with Gasteiger partial charge in [0.15, 0.2) is 22.5 Å². The maximum Gasteiger partial charge on any atom is 0.273 e. The predicted molar refractivity (Wildman–Crippen MR) is 143 cm³/mol. The molecule has 9 nitrogen and oxygen atoms in total. The topological polar surface area (TPSA) is 108 Å². The quantitative estimate of drug-likeness (QED) is 0.607. The van der Waals surface area contributed by atoms with Crippen LogP contribution in [0.4, 0.5) is 11.6 Å². The molecule has 1 atom stereocenters. The summed E-state index contributed by atoms with van der Waals surface area (Å²) in [5.41, 5.74) is 7.65. The third kappa shape index (κ3) is 5.38. The Kier molecular flexibility index (Phi) is 8.22. The van der Waals surface area contributed by atoms with Gasteiger partial charge in [-0.3, -0.25) is 14.5 Å². The number of benzene rings is 1. The molecule has 36 heavy (non-hydrogen) atoms. The van der Waals surface area contributed by atoms with E-state index in [2.05, 4.69) is 32.0 Å². The van der Waals surface area contributed by atoms with E-state index in [1.54, 1.807) is 12.1 Å². The van der Waals surface area contributed by atoms with Crippen LogP contribution in [0.5, 0.6) is 0 Å². The molecule has 0 aliphatic carbocycles. The predicted octanol–water partition coefficient (Wildman–Crippen LogP) is 3.24. The minimum absolute atomic E-state index is 0.0343. The number of aromatic nitrogens is 2. The van der Waals surface area contributed by atoms with Gasteiger partial charge in [0.2, 0.25) is 0 Å². The van der Waals surface area contributed by atoms with Crippen LogP contribution in [0.1, 0.15) is 52.6 Å². The maximum atomic E-state index is 13.0. The number of carbonyl (C=O) groups is 2. The second-order valence-electron chi connectivity index (χ2n) is 9.38. The molecule has 2 aromatic rings. The Morgan fingerprint density at radius 3 is 2.50 bits per heavy atom. The van der Waals surface area contributed by atoms with Gasteiger partial charge in [-0.1, -0.05) is 30.1 Å². The van der Waals surface area contributed by atoms with Gasteiger partial charge in [0.1, 0.15) is 0 Å². The number of nitrogens with zero attached hydrogens (tertiary/aromatic N) is 5. The van der Waals surface area contributed by atoms with Crippen molar-refractivity contribution in [2.24, 2.45) is 0 Å². The van der Waals surface area contributed by atoms with Gasteiger partial charge in [-0.05, 0) is 49.9 Å². The van der Waals surface area contributed by atoms with Crippen molar-refractivity contribution in [1.29, 1.82) is 0 Å². The van der Waals surface area contributed by atoms with Crippen molar-refractivity contribution < 1.29 is 9.59 Å². The lowest BCUT2D eigenvalue weighted by Gasteiger charge is -2.47. The van der Waals surface area contributed by atoms with E-state index >= 15 is 0 Å². The zero-order valence-electron chi connectivity index (χ0n) is 20.9. The largest absolute Gasteiger partial charge is 0.382 e. The number of nitrogens with two attached hydrogens (primary N) is 1. The van der Waals surface area contributed by atoms with E-state index < -0.39 is 5.91 Å². The Morgan fingerprint density at radius 1 is 1.14 bits per heavy atom. The molecule has 4 rings (SSSR count). The molecule has 3 N–H and O–H groups in total. The molecule has 2 saturated heterocycles. The van der Waals surface area contributed by atoms with E-state index in [1.807, 2.05) is 17.9 Å². The highest BCUT2D eigenvalue weighted by Crippen LogP contribution is 2.30. The number of piperidine rings is 1. The highest BCUT2D eigenvalue weighted by atomic mass is 35.5. The van der Waals surface area contributed by atoms with Crippen LogP contribution < -0.4 is 16.0 Å². The highest BCUT2D eigenvalue weighted by molar-refractivity contribution is 6.32. The summed E-state index contributed by atoms with van der Waals surface area (Å²) in [6.45, 7) is 7.88. The lowest BCUT2D eigenvalue weighted by Crippen LogP contribution is -2.58. The number of carbonyl (C=O) groups excluding carboxylic acids is 2. The number of nitrogen functional groups attached to an aromatic ring is 1. The fourth-order valence-electron chi connectivity index (χ4n) is 5.17. The third-order valence-electron chi connectivity index (χ3n) is 7.23. The molecule has 1 aromatic carbocycles. The maximum absolute atomic E-state index is 13.0. The minimum atomic E-state index is -0.416. The van der Waals surface area contributed by atoms with Crippen LogP contribution in [-0.2, 0) is 0 Å². The SMILES string of the molecule is CC[C@H]1CN(c2nc(N)c(C(=O)NC)nc2Cl)CCN1C1CCN(C(=O)c2ccc(Cl)c(C)c2)CC1. The van der Waals surface area contributed by atoms with E-state index in [0.29, 0.717) is 28.5 Å². The van der Waals surface area contributed by atoms with Crippen molar-refractivity contribution in [2.45, 2.75) is 45.2 Å². The summed E-state index contributed by atoms with van der Waals surface area (Å²) >= 11 is 12.5. The van der Waals surface area contributed by atoms with Crippen molar-refractivity contribution in [2.75, 3.05) is 50.4 Å². The molecule has 0 radical (unpaired) electrons. The molecule has 0 unspecified atom stereocenters. The van der Waals surface area contributed by atoms with E-state index in [9.17, 15) is 9.59 Å². The number of piperazine rings is 1. The van der Waals surface area contributed by atoms with Crippen molar-refractivity contribution in [3.63, 3.8) is 0 Å². The van der Waals surface area contributed by atoms with Crippen molar-refractivity contribution in [3.8, 4) is 0 Å². The van der Waals surface area contributed by atoms with E-state index in [-0.39, 0.29) is 22.6 Å². The molecule has 1 aromatic heterocycles. The van der Waals surface area contributed by atoms with Gasteiger partial charge in [-0.15, -0.1) is 0 Å². The van der Waals surface area contributed by atoms with Crippen molar-refractivity contribution >= 4 is 46.7 Å². The molecule has 2 aliphatic rings. The Balaban J connectivity index is 1.39. The average molecular weight is 534 g/mol. The normalized spacial score (nSPS) is 19.4. The first-order chi connectivity index (χ1) is 17.2. The van der Waals surface area contributed by atoms with Gasteiger partial charge >= 0.3 is 0 Å². The average Bonchev–Trinajstić information content (AvgIpc) is 2.90. The lowest BCUT2D eigenvalue weighted by atomic mass is 9.97. The van der Waals surface area contributed by atoms with Crippen LogP contribution in [0.25, 0.3) is 0 Å². The zero-order valence-corrected chi connectivity index (χ0v) is 22.4. The Morgan fingerprint density at radius 2 is 1.86 bits per heavy atom. The summed E-state index contributed by atoms with van der Waals surface area (Å²) in [7, 11) is 1.51. The summed E-state index contributed by atoms with van der Waals surface area (Å²) in [6, 6.07) is 6.18. The highest BCUT2D eigenvalue weighted by Gasteiger charge is 2.35. The standard InChI is InChI=1S/C25H33Cl2N7O2/c1-4-17-14-33(23-21(27)30-20(22(28)31-23)24(35)29-3)11-12-34(17)18-7-9-32(10-8-18)25(36)16-5-6-19(26)15(2)13-16/h5-6,13,17-18H,4,7-12,14H2,1-3H3,(H2,28,31)(H,29,35)/t17-/m0/s1. The molecular weight excluding hydrogens is 501 g/mol. The molecule has 194 valence electrons. The molecule has 11 heteroatoms. The van der Waals surface area contributed by atoms with E-state index in [0.717, 1.165) is 57.5 Å². The fraction of sp³-hybridized carbons (Fsp3) is 0.520. The Bertz CT molecular complexity index is 1140.